The molecule has 0 radical (unpaired) electrons. The van der Waals surface area contributed by atoms with Gasteiger partial charge in [0.15, 0.2) is 5.11 Å². The summed E-state index contributed by atoms with van der Waals surface area (Å²) in [6, 6.07) is 3.94. The van der Waals surface area contributed by atoms with Crippen molar-refractivity contribution in [2.75, 3.05) is 0 Å². The third-order valence-corrected chi connectivity index (χ3v) is 2.12. The van der Waals surface area contributed by atoms with Gasteiger partial charge in [0, 0.05) is 6.20 Å². The molecular formula is C11H16N4S. The molecule has 1 rings (SSSR count). The first-order valence-electron chi connectivity index (χ1n) is 4.94. The molecule has 1 heterocycles. The van der Waals surface area contributed by atoms with Crippen molar-refractivity contribution in [1.82, 2.24) is 10.4 Å². The Morgan fingerprint density at radius 2 is 2.19 bits per heavy atom. The van der Waals surface area contributed by atoms with Gasteiger partial charge < -0.3 is 5.73 Å². The van der Waals surface area contributed by atoms with Crippen molar-refractivity contribution in [2.45, 2.75) is 26.2 Å². The van der Waals surface area contributed by atoms with E-state index in [-0.39, 0.29) is 10.5 Å². The lowest BCUT2D eigenvalue weighted by Crippen LogP contribution is -2.24. The molecule has 0 unspecified atom stereocenters. The maximum absolute atomic E-state index is 5.22. The van der Waals surface area contributed by atoms with E-state index in [0.29, 0.717) is 0 Å². The number of nitrogens with zero attached hydrogens (tertiary/aromatic N) is 2. The number of rotatable bonds is 2. The fourth-order valence-corrected chi connectivity index (χ4v) is 1.14. The summed E-state index contributed by atoms with van der Waals surface area (Å²) in [6.45, 7) is 6.44. The Kier molecular flexibility index (Phi) is 3.95. The lowest BCUT2D eigenvalue weighted by atomic mass is 9.88. The van der Waals surface area contributed by atoms with Gasteiger partial charge in [-0.15, -0.1) is 0 Å². The molecule has 0 aliphatic heterocycles. The van der Waals surface area contributed by atoms with Crippen LogP contribution in [0, 0.1) is 0 Å². The van der Waals surface area contributed by atoms with Crippen molar-refractivity contribution in [3.8, 4) is 0 Å². The molecule has 1 aromatic rings. The minimum atomic E-state index is 0.111. The van der Waals surface area contributed by atoms with E-state index < -0.39 is 0 Å². The van der Waals surface area contributed by atoms with E-state index in [4.69, 9.17) is 5.73 Å². The standard InChI is InChI=1S/C11H16N4S/c1-11(2,3)8-4-5-9(13-6-8)7-14-15-10(12)16/h4-7H,1-3H3,(H3,12,15,16)/b14-7+. The first kappa shape index (κ1) is 12.6. The highest BCUT2D eigenvalue weighted by Crippen LogP contribution is 2.20. The second kappa shape index (κ2) is 5.03. The Labute approximate surface area is 101 Å². The Bertz CT molecular complexity index is 389. The van der Waals surface area contributed by atoms with Crippen LogP contribution in [-0.4, -0.2) is 16.3 Å². The molecule has 0 saturated heterocycles. The van der Waals surface area contributed by atoms with Gasteiger partial charge in [0.25, 0.3) is 0 Å². The molecule has 0 spiro atoms. The van der Waals surface area contributed by atoms with Crippen molar-refractivity contribution in [3.05, 3.63) is 29.6 Å². The van der Waals surface area contributed by atoms with E-state index in [9.17, 15) is 0 Å². The molecule has 4 nitrogen and oxygen atoms in total. The third kappa shape index (κ3) is 3.94. The van der Waals surface area contributed by atoms with Crippen LogP contribution in [0.5, 0.6) is 0 Å². The Morgan fingerprint density at radius 3 is 2.62 bits per heavy atom. The summed E-state index contributed by atoms with van der Waals surface area (Å²) in [6.07, 6.45) is 3.42. The van der Waals surface area contributed by atoms with Crippen LogP contribution in [0.4, 0.5) is 0 Å². The summed E-state index contributed by atoms with van der Waals surface area (Å²) in [5, 5.41) is 3.97. The predicted molar refractivity (Wildman–Crippen MR) is 70.5 cm³/mol. The fraction of sp³-hybridized carbons (Fsp3) is 0.364. The number of nitrogens with one attached hydrogen (secondary N) is 1. The number of hydrogen-bond acceptors (Lipinski definition) is 3. The van der Waals surface area contributed by atoms with Gasteiger partial charge >= 0.3 is 0 Å². The molecule has 0 saturated carbocycles. The molecule has 16 heavy (non-hydrogen) atoms. The van der Waals surface area contributed by atoms with Crippen LogP contribution in [0.2, 0.25) is 0 Å². The average molecular weight is 236 g/mol. The van der Waals surface area contributed by atoms with Crippen molar-refractivity contribution in [3.63, 3.8) is 0 Å². The van der Waals surface area contributed by atoms with Gasteiger partial charge in [-0.05, 0) is 29.3 Å². The largest absolute Gasteiger partial charge is 0.375 e. The van der Waals surface area contributed by atoms with Gasteiger partial charge in [-0.25, -0.2) is 0 Å². The number of aromatic nitrogens is 1. The molecule has 0 amide bonds. The van der Waals surface area contributed by atoms with Gasteiger partial charge in [-0.2, -0.15) is 5.10 Å². The molecule has 0 atom stereocenters. The number of nitrogens with two attached hydrogens (primary N) is 1. The van der Waals surface area contributed by atoms with Crippen LogP contribution in [0.15, 0.2) is 23.4 Å². The van der Waals surface area contributed by atoms with E-state index in [1.165, 1.54) is 5.56 Å². The Hall–Kier alpha value is -1.49. The molecule has 3 N–H and O–H groups in total. The Balaban J connectivity index is 2.72. The first-order chi connectivity index (χ1) is 7.39. The quantitative estimate of drug-likeness (QED) is 0.464. The topological polar surface area (TPSA) is 63.3 Å². The van der Waals surface area contributed by atoms with E-state index >= 15 is 0 Å². The van der Waals surface area contributed by atoms with Crippen molar-refractivity contribution < 1.29 is 0 Å². The zero-order valence-electron chi connectivity index (χ0n) is 9.69. The van der Waals surface area contributed by atoms with E-state index in [0.717, 1.165) is 5.69 Å². The summed E-state index contributed by atoms with van der Waals surface area (Å²) in [4.78, 5) is 4.27. The first-order valence-corrected chi connectivity index (χ1v) is 5.35. The summed E-state index contributed by atoms with van der Waals surface area (Å²) in [5.74, 6) is 0. The molecule has 1 aromatic heterocycles. The molecule has 0 aliphatic rings. The average Bonchev–Trinajstić information content (AvgIpc) is 2.16. The minimum absolute atomic E-state index is 0.111. The van der Waals surface area contributed by atoms with E-state index in [1.807, 2.05) is 18.3 Å². The zero-order valence-corrected chi connectivity index (χ0v) is 10.5. The maximum Gasteiger partial charge on any atom is 0.184 e. The van der Waals surface area contributed by atoms with E-state index in [1.54, 1.807) is 6.21 Å². The fourth-order valence-electron chi connectivity index (χ4n) is 1.09. The molecule has 5 heteroatoms. The molecule has 86 valence electrons. The highest BCUT2D eigenvalue weighted by atomic mass is 32.1. The molecule has 0 aromatic carbocycles. The molecule has 0 aliphatic carbocycles. The van der Waals surface area contributed by atoms with Gasteiger partial charge in [-0.3, -0.25) is 10.4 Å². The Morgan fingerprint density at radius 1 is 1.50 bits per heavy atom. The van der Waals surface area contributed by atoms with Crippen LogP contribution >= 0.6 is 12.2 Å². The number of pyridine rings is 1. The van der Waals surface area contributed by atoms with E-state index in [2.05, 4.69) is 48.5 Å². The van der Waals surface area contributed by atoms with Crippen LogP contribution < -0.4 is 11.2 Å². The van der Waals surface area contributed by atoms with Crippen molar-refractivity contribution in [2.24, 2.45) is 10.8 Å². The monoisotopic (exact) mass is 236 g/mol. The predicted octanol–water partition coefficient (Wildman–Crippen LogP) is 1.55. The van der Waals surface area contributed by atoms with Crippen molar-refractivity contribution >= 4 is 23.5 Å². The number of thiocarbonyl (C=S) groups is 1. The van der Waals surface area contributed by atoms with Gasteiger partial charge in [0.05, 0.1) is 11.9 Å². The second-order valence-electron chi connectivity index (χ2n) is 4.46. The third-order valence-electron chi connectivity index (χ3n) is 2.02. The molecule has 0 fully saturated rings. The van der Waals surface area contributed by atoms with Gasteiger partial charge in [-0.1, -0.05) is 26.8 Å². The molecule has 0 bridgehead atoms. The van der Waals surface area contributed by atoms with Crippen LogP contribution in [0.3, 0.4) is 0 Å². The lowest BCUT2D eigenvalue weighted by molar-refractivity contribution is 0.587. The summed E-state index contributed by atoms with van der Waals surface area (Å²) >= 11 is 4.61. The number of hydrogen-bond donors (Lipinski definition) is 2. The summed E-state index contributed by atoms with van der Waals surface area (Å²) in [5.41, 5.74) is 9.76. The van der Waals surface area contributed by atoms with Gasteiger partial charge in [0.2, 0.25) is 0 Å². The summed E-state index contributed by atoms with van der Waals surface area (Å²) < 4.78 is 0. The highest BCUT2D eigenvalue weighted by molar-refractivity contribution is 7.80. The number of hydrazone groups is 1. The van der Waals surface area contributed by atoms with Crippen LogP contribution in [0.25, 0.3) is 0 Å². The molecular weight excluding hydrogens is 220 g/mol. The zero-order chi connectivity index (χ0) is 12.2. The van der Waals surface area contributed by atoms with Gasteiger partial charge in [0.1, 0.15) is 0 Å². The maximum atomic E-state index is 5.22. The normalized spacial score (nSPS) is 11.7. The highest BCUT2D eigenvalue weighted by Gasteiger charge is 2.13. The van der Waals surface area contributed by atoms with Crippen LogP contribution in [-0.2, 0) is 5.41 Å². The SMILES string of the molecule is CC(C)(C)c1ccc(/C=N/NC(N)=S)nc1. The smallest absolute Gasteiger partial charge is 0.184 e. The van der Waals surface area contributed by atoms with Crippen molar-refractivity contribution in [1.29, 1.82) is 0 Å². The summed E-state index contributed by atoms with van der Waals surface area (Å²) in [7, 11) is 0. The second-order valence-corrected chi connectivity index (χ2v) is 4.90. The lowest BCUT2D eigenvalue weighted by Gasteiger charge is -2.17. The van der Waals surface area contributed by atoms with Crippen LogP contribution in [0.1, 0.15) is 32.0 Å². The minimum Gasteiger partial charge on any atom is -0.375 e.